The van der Waals surface area contributed by atoms with Gasteiger partial charge < -0.3 is 5.73 Å². The summed E-state index contributed by atoms with van der Waals surface area (Å²) in [6.45, 7) is 4.29. The Kier molecular flexibility index (Phi) is 3.05. The van der Waals surface area contributed by atoms with Crippen molar-refractivity contribution in [1.82, 2.24) is 4.98 Å². The lowest BCUT2D eigenvalue weighted by Gasteiger charge is -2.35. The van der Waals surface area contributed by atoms with Crippen molar-refractivity contribution in [2.45, 2.75) is 45.1 Å². The van der Waals surface area contributed by atoms with Crippen molar-refractivity contribution in [1.29, 1.82) is 0 Å². The third-order valence-corrected chi connectivity index (χ3v) is 4.58. The second-order valence-electron chi connectivity index (χ2n) is 4.93. The first-order valence-electron chi connectivity index (χ1n) is 5.78. The van der Waals surface area contributed by atoms with E-state index in [1.54, 1.807) is 11.3 Å². The van der Waals surface area contributed by atoms with Crippen LogP contribution in [0.2, 0.25) is 0 Å². The third-order valence-electron chi connectivity index (χ3n) is 3.39. The van der Waals surface area contributed by atoms with Gasteiger partial charge in [-0.05, 0) is 31.6 Å². The van der Waals surface area contributed by atoms with Crippen LogP contribution in [0, 0.1) is 25.2 Å². The molecule has 2 N–H and O–H groups in total. The van der Waals surface area contributed by atoms with Crippen LogP contribution in [-0.4, -0.2) is 4.98 Å². The number of hydrogen-bond donors (Lipinski definition) is 1. The maximum Gasteiger partial charge on any atom is 0.127 e. The number of rotatable bonds is 1. The normalized spacial score (nSPS) is 30.0. The second-order valence-corrected chi connectivity index (χ2v) is 6.13. The number of aryl methyl sites for hydroxylation is 1. The molecular weight excluding hydrogens is 216 g/mol. The molecular formula is C13H18N2S. The fraction of sp³-hybridized carbons (Fsp3) is 0.615. The summed E-state index contributed by atoms with van der Waals surface area (Å²) in [7, 11) is 0. The van der Waals surface area contributed by atoms with E-state index in [1.807, 2.05) is 6.92 Å². The Bertz CT molecular complexity index is 430. The van der Waals surface area contributed by atoms with E-state index in [2.05, 4.69) is 17.8 Å². The Balaban J connectivity index is 2.32. The van der Waals surface area contributed by atoms with Gasteiger partial charge >= 0.3 is 0 Å². The average molecular weight is 234 g/mol. The van der Waals surface area contributed by atoms with E-state index < -0.39 is 0 Å². The molecule has 1 heterocycles. The minimum Gasteiger partial charge on any atom is -0.319 e. The second kappa shape index (κ2) is 4.20. The van der Waals surface area contributed by atoms with Crippen molar-refractivity contribution in [3.63, 3.8) is 0 Å². The van der Waals surface area contributed by atoms with Crippen LogP contribution < -0.4 is 5.73 Å². The molecule has 1 saturated carbocycles. The van der Waals surface area contributed by atoms with Gasteiger partial charge in [-0.2, -0.15) is 0 Å². The molecule has 1 aromatic heterocycles. The molecule has 16 heavy (non-hydrogen) atoms. The number of aromatic nitrogens is 1. The molecule has 1 aliphatic carbocycles. The summed E-state index contributed by atoms with van der Waals surface area (Å²) in [5.74, 6) is 3.32. The maximum absolute atomic E-state index is 6.49. The van der Waals surface area contributed by atoms with E-state index in [-0.39, 0.29) is 5.54 Å². The lowest BCUT2D eigenvalue weighted by molar-refractivity contribution is 0.238. The quantitative estimate of drug-likeness (QED) is 0.759. The van der Waals surface area contributed by atoms with Gasteiger partial charge in [0.05, 0.1) is 5.54 Å². The lowest BCUT2D eigenvalue weighted by atomic mass is 9.77. The topological polar surface area (TPSA) is 38.9 Å². The van der Waals surface area contributed by atoms with Gasteiger partial charge in [0.25, 0.3) is 0 Å². The summed E-state index contributed by atoms with van der Waals surface area (Å²) in [5.41, 5.74) is 7.02. The van der Waals surface area contributed by atoms with E-state index in [0.29, 0.717) is 5.92 Å². The molecule has 0 radical (unpaired) electrons. The van der Waals surface area contributed by atoms with Crippen LogP contribution in [-0.2, 0) is 5.54 Å². The summed E-state index contributed by atoms with van der Waals surface area (Å²) in [6.07, 6.45) is 9.96. The first-order valence-corrected chi connectivity index (χ1v) is 6.60. The average Bonchev–Trinajstić information content (AvgIpc) is 2.60. The Hall–Kier alpha value is -0.850. The highest BCUT2D eigenvalue weighted by Gasteiger charge is 2.35. The molecule has 0 aromatic carbocycles. The maximum atomic E-state index is 6.49. The smallest absolute Gasteiger partial charge is 0.127 e. The fourth-order valence-corrected chi connectivity index (χ4v) is 3.55. The van der Waals surface area contributed by atoms with Crippen molar-refractivity contribution < 1.29 is 0 Å². The van der Waals surface area contributed by atoms with Crippen molar-refractivity contribution in [3.8, 4) is 12.3 Å². The van der Waals surface area contributed by atoms with Crippen LogP contribution in [0.1, 0.15) is 48.2 Å². The lowest BCUT2D eigenvalue weighted by Crippen LogP contribution is -2.40. The molecule has 2 nitrogen and oxygen atoms in total. The van der Waals surface area contributed by atoms with Crippen LogP contribution in [0.15, 0.2) is 0 Å². The molecule has 2 unspecified atom stereocenters. The molecule has 1 fully saturated rings. The minimum atomic E-state index is -0.234. The zero-order valence-corrected chi connectivity index (χ0v) is 10.7. The molecule has 1 aliphatic rings. The van der Waals surface area contributed by atoms with E-state index >= 15 is 0 Å². The van der Waals surface area contributed by atoms with Crippen molar-refractivity contribution in [3.05, 3.63) is 15.6 Å². The molecule has 0 bridgehead atoms. The van der Waals surface area contributed by atoms with E-state index in [4.69, 9.17) is 12.2 Å². The molecule has 0 spiro atoms. The van der Waals surface area contributed by atoms with Gasteiger partial charge in [0.15, 0.2) is 0 Å². The van der Waals surface area contributed by atoms with Crippen LogP contribution in [0.5, 0.6) is 0 Å². The van der Waals surface area contributed by atoms with Gasteiger partial charge in [0, 0.05) is 4.88 Å². The minimum absolute atomic E-state index is 0.234. The standard InChI is InChI=1S/C13H18N2S/c1-4-11-10(3)16-12(15-11)13(14)7-5-6-9(2)8-13/h1,9H,5-8,14H2,2-3H3. The molecule has 86 valence electrons. The number of hydrogen-bond acceptors (Lipinski definition) is 3. The number of nitrogens with two attached hydrogens (primary N) is 1. The Morgan fingerprint density at radius 3 is 2.94 bits per heavy atom. The zero-order chi connectivity index (χ0) is 11.8. The van der Waals surface area contributed by atoms with Crippen LogP contribution >= 0.6 is 11.3 Å². The van der Waals surface area contributed by atoms with Crippen molar-refractivity contribution >= 4 is 11.3 Å². The largest absolute Gasteiger partial charge is 0.319 e. The Morgan fingerprint density at radius 1 is 1.62 bits per heavy atom. The molecule has 1 aromatic rings. The predicted molar refractivity (Wildman–Crippen MR) is 68.3 cm³/mol. The van der Waals surface area contributed by atoms with Gasteiger partial charge in [0.1, 0.15) is 10.7 Å². The third kappa shape index (κ3) is 2.00. The first-order chi connectivity index (χ1) is 7.55. The molecule has 0 amide bonds. The Labute approximate surface area is 101 Å². The SMILES string of the molecule is C#Cc1nc(C2(N)CCCC(C)C2)sc1C. The van der Waals surface area contributed by atoms with Crippen LogP contribution in [0.25, 0.3) is 0 Å². The molecule has 3 heteroatoms. The number of terminal acetylenes is 1. The van der Waals surface area contributed by atoms with Crippen molar-refractivity contribution in [2.75, 3.05) is 0 Å². The zero-order valence-electron chi connectivity index (χ0n) is 9.92. The molecule has 0 aliphatic heterocycles. The van der Waals surface area contributed by atoms with Gasteiger partial charge in [-0.1, -0.05) is 19.8 Å². The first kappa shape index (κ1) is 11.6. The highest BCUT2D eigenvalue weighted by Crippen LogP contribution is 2.39. The van der Waals surface area contributed by atoms with Crippen LogP contribution in [0.3, 0.4) is 0 Å². The van der Waals surface area contributed by atoms with Gasteiger partial charge in [-0.15, -0.1) is 17.8 Å². The molecule has 0 saturated heterocycles. The monoisotopic (exact) mass is 234 g/mol. The molecule has 2 atom stereocenters. The summed E-state index contributed by atoms with van der Waals surface area (Å²) in [6, 6.07) is 0. The van der Waals surface area contributed by atoms with E-state index in [9.17, 15) is 0 Å². The van der Waals surface area contributed by atoms with Crippen LogP contribution in [0.4, 0.5) is 0 Å². The highest BCUT2D eigenvalue weighted by atomic mass is 32.1. The van der Waals surface area contributed by atoms with Gasteiger partial charge in [-0.25, -0.2) is 4.98 Å². The van der Waals surface area contributed by atoms with E-state index in [0.717, 1.165) is 28.4 Å². The number of thiazole rings is 1. The summed E-state index contributed by atoms with van der Waals surface area (Å²) in [4.78, 5) is 5.63. The highest BCUT2D eigenvalue weighted by molar-refractivity contribution is 7.11. The molecule has 2 rings (SSSR count). The summed E-state index contributed by atoms with van der Waals surface area (Å²) < 4.78 is 0. The summed E-state index contributed by atoms with van der Waals surface area (Å²) in [5, 5.41) is 1.03. The Morgan fingerprint density at radius 2 is 2.38 bits per heavy atom. The van der Waals surface area contributed by atoms with Gasteiger partial charge in [-0.3, -0.25) is 0 Å². The van der Waals surface area contributed by atoms with Gasteiger partial charge in [0.2, 0.25) is 0 Å². The van der Waals surface area contributed by atoms with Crippen molar-refractivity contribution in [2.24, 2.45) is 11.7 Å². The fourth-order valence-electron chi connectivity index (χ4n) is 2.53. The summed E-state index contributed by atoms with van der Waals surface area (Å²) >= 11 is 1.67. The number of nitrogens with zero attached hydrogens (tertiary/aromatic N) is 1. The van der Waals surface area contributed by atoms with E-state index in [1.165, 1.54) is 12.8 Å². The predicted octanol–water partition coefficient (Wildman–Crippen LogP) is 2.80.